The van der Waals surface area contributed by atoms with Crippen LogP contribution in [-0.2, 0) is 4.79 Å². The van der Waals surface area contributed by atoms with Crippen LogP contribution in [0.4, 0.5) is 0 Å². The van der Waals surface area contributed by atoms with E-state index in [-0.39, 0.29) is 11.9 Å². The van der Waals surface area contributed by atoms with Gasteiger partial charge in [-0.25, -0.2) is 0 Å². The van der Waals surface area contributed by atoms with Gasteiger partial charge < -0.3 is 10.6 Å². The van der Waals surface area contributed by atoms with Gasteiger partial charge in [0.05, 0.1) is 6.04 Å². The van der Waals surface area contributed by atoms with Gasteiger partial charge in [0.15, 0.2) is 0 Å². The topological polar surface area (TPSA) is 46.3 Å². The number of rotatable bonds is 7. The number of nitrogens with zero attached hydrogens (tertiary/aromatic N) is 1. The number of hydrogen-bond acceptors (Lipinski definition) is 2. The number of carbonyl (C=O) groups is 1. The average molecular weight is 228 g/mol. The molecule has 0 aliphatic heterocycles. The van der Waals surface area contributed by atoms with Crippen molar-refractivity contribution in [2.75, 3.05) is 13.1 Å². The molecule has 3 heteroatoms. The van der Waals surface area contributed by atoms with Crippen molar-refractivity contribution < 1.29 is 4.79 Å². The Labute approximate surface area is 100 Å². The summed E-state index contributed by atoms with van der Waals surface area (Å²) in [6.45, 7) is 12.1. The normalized spacial score (nSPS) is 14.9. The van der Waals surface area contributed by atoms with Crippen LogP contribution < -0.4 is 5.73 Å². The molecule has 0 aliphatic carbocycles. The van der Waals surface area contributed by atoms with Crippen LogP contribution in [0.3, 0.4) is 0 Å². The Bertz CT molecular complexity index is 204. The third-order valence-electron chi connectivity index (χ3n) is 2.96. The van der Waals surface area contributed by atoms with Gasteiger partial charge in [0.1, 0.15) is 0 Å². The predicted octanol–water partition coefficient (Wildman–Crippen LogP) is 2.25. The molecule has 0 aromatic carbocycles. The molecule has 0 bridgehead atoms. The first-order chi connectivity index (χ1) is 7.42. The van der Waals surface area contributed by atoms with Crippen molar-refractivity contribution in [3.8, 4) is 0 Å². The van der Waals surface area contributed by atoms with Crippen LogP contribution in [0.25, 0.3) is 0 Å². The molecule has 96 valence electrons. The van der Waals surface area contributed by atoms with E-state index in [4.69, 9.17) is 5.73 Å². The van der Waals surface area contributed by atoms with Crippen LogP contribution >= 0.6 is 0 Å². The highest BCUT2D eigenvalue weighted by Crippen LogP contribution is 2.09. The molecule has 0 aliphatic rings. The summed E-state index contributed by atoms with van der Waals surface area (Å²) in [5.74, 6) is 1.13. The van der Waals surface area contributed by atoms with Gasteiger partial charge in [-0.2, -0.15) is 0 Å². The zero-order chi connectivity index (χ0) is 12.7. The molecule has 0 rings (SSSR count). The number of hydrogen-bond donors (Lipinski definition) is 1. The zero-order valence-electron chi connectivity index (χ0n) is 11.5. The number of amides is 1. The minimum Gasteiger partial charge on any atom is -0.341 e. The Kier molecular flexibility index (Phi) is 7.39. The maximum absolute atomic E-state index is 12.1. The van der Waals surface area contributed by atoms with Crippen LogP contribution in [0.5, 0.6) is 0 Å². The Hall–Kier alpha value is -0.570. The third kappa shape index (κ3) is 5.50. The van der Waals surface area contributed by atoms with E-state index in [1.54, 1.807) is 0 Å². The highest BCUT2D eigenvalue weighted by Gasteiger charge is 2.21. The van der Waals surface area contributed by atoms with E-state index >= 15 is 0 Å². The highest BCUT2D eigenvalue weighted by molar-refractivity contribution is 5.81. The van der Waals surface area contributed by atoms with Gasteiger partial charge in [-0.1, -0.05) is 34.1 Å². The minimum atomic E-state index is -0.330. The predicted molar refractivity (Wildman–Crippen MR) is 69.1 cm³/mol. The number of likely N-dealkylation sites (N-methyl/N-ethyl adjacent to an activating group) is 1. The molecule has 0 saturated heterocycles. The molecule has 3 nitrogen and oxygen atoms in total. The first-order valence-corrected chi connectivity index (χ1v) is 6.46. The fourth-order valence-electron chi connectivity index (χ4n) is 1.72. The van der Waals surface area contributed by atoms with Gasteiger partial charge in [-0.3, -0.25) is 4.79 Å². The summed E-state index contributed by atoms with van der Waals surface area (Å²) in [6.07, 6.45) is 1.87. The van der Waals surface area contributed by atoms with Crippen LogP contribution in [-0.4, -0.2) is 29.9 Å². The maximum Gasteiger partial charge on any atom is 0.239 e. The first-order valence-electron chi connectivity index (χ1n) is 6.46. The van der Waals surface area contributed by atoms with Gasteiger partial charge in [0, 0.05) is 13.1 Å². The molecule has 0 aromatic rings. The van der Waals surface area contributed by atoms with Crippen LogP contribution in [0.1, 0.15) is 47.5 Å². The maximum atomic E-state index is 12.1. The van der Waals surface area contributed by atoms with Crippen molar-refractivity contribution in [3.05, 3.63) is 0 Å². The molecule has 0 aromatic heterocycles. The van der Waals surface area contributed by atoms with Crippen LogP contribution in [0.15, 0.2) is 0 Å². The van der Waals surface area contributed by atoms with Crippen molar-refractivity contribution in [2.24, 2.45) is 17.6 Å². The minimum absolute atomic E-state index is 0.108. The largest absolute Gasteiger partial charge is 0.341 e. The molecular weight excluding hydrogens is 200 g/mol. The molecule has 2 unspecified atom stereocenters. The van der Waals surface area contributed by atoms with Crippen molar-refractivity contribution in [1.82, 2.24) is 4.90 Å². The van der Waals surface area contributed by atoms with E-state index in [1.165, 1.54) is 0 Å². The van der Waals surface area contributed by atoms with E-state index in [2.05, 4.69) is 27.7 Å². The fourth-order valence-corrected chi connectivity index (χ4v) is 1.72. The molecule has 2 atom stereocenters. The molecule has 0 spiro atoms. The van der Waals surface area contributed by atoms with Crippen LogP contribution in [0.2, 0.25) is 0 Å². The van der Waals surface area contributed by atoms with Crippen LogP contribution in [0, 0.1) is 11.8 Å². The highest BCUT2D eigenvalue weighted by atomic mass is 16.2. The van der Waals surface area contributed by atoms with Crippen molar-refractivity contribution in [3.63, 3.8) is 0 Å². The lowest BCUT2D eigenvalue weighted by atomic mass is 10.0. The van der Waals surface area contributed by atoms with E-state index in [0.29, 0.717) is 11.8 Å². The Morgan fingerprint density at radius 2 is 1.81 bits per heavy atom. The lowest BCUT2D eigenvalue weighted by molar-refractivity contribution is -0.133. The smallest absolute Gasteiger partial charge is 0.239 e. The molecule has 16 heavy (non-hydrogen) atoms. The Balaban J connectivity index is 4.29. The summed E-state index contributed by atoms with van der Waals surface area (Å²) in [4.78, 5) is 14.0. The number of carbonyl (C=O) groups excluding carboxylic acids is 1. The third-order valence-corrected chi connectivity index (χ3v) is 2.96. The molecule has 2 N–H and O–H groups in total. The quantitative estimate of drug-likeness (QED) is 0.726. The van der Waals surface area contributed by atoms with E-state index < -0.39 is 0 Å². The van der Waals surface area contributed by atoms with Crippen molar-refractivity contribution in [1.29, 1.82) is 0 Å². The molecule has 0 saturated carbocycles. The number of nitrogens with two attached hydrogens (primary N) is 1. The van der Waals surface area contributed by atoms with Gasteiger partial charge in [0.25, 0.3) is 0 Å². The lowest BCUT2D eigenvalue weighted by Crippen LogP contribution is -2.45. The summed E-state index contributed by atoms with van der Waals surface area (Å²) in [6, 6.07) is -0.330. The second kappa shape index (κ2) is 7.66. The fraction of sp³-hybridized carbons (Fsp3) is 0.923. The molecule has 0 heterocycles. The van der Waals surface area contributed by atoms with Crippen molar-refractivity contribution in [2.45, 2.75) is 53.5 Å². The van der Waals surface area contributed by atoms with E-state index in [1.807, 2.05) is 11.8 Å². The summed E-state index contributed by atoms with van der Waals surface area (Å²) >= 11 is 0. The van der Waals surface area contributed by atoms with E-state index in [0.717, 1.165) is 25.9 Å². The monoisotopic (exact) mass is 228 g/mol. The first kappa shape index (κ1) is 15.4. The van der Waals surface area contributed by atoms with Crippen molar-refractivity contribution >= 4 is 5.91 Å². The summed E-state index contributed by atoms with van der Waals surface area (Å²) in [7, 11) is 0. The average Bonchev–Trinajstić information content (AvgIpc) is 2.23. The molecule has 1 amide bonds. The summed E-state index contributed by atoms with van der Waals surface area (Å²) < 4.78 is 0. The lowest BCUT2D eigenvalue weighted by Gasteiger charge is -2.27. The molecule has 0 radical (unpaired) electrons. The second-order valence-electron chi connectivity index (χ2n) is 5.13. The molecule has 0 fully saturated rings. The van der Waals surface area contributed by atoms with Gasteiger partial charge in [-0.15, -0.1) is 0 Å². The summed E-state index contributed by atoms with van der Waals surface area (Å²) in [5.41, 5.74) is 5.92. The van der Waals surface area contributed by atoms with E-state index in [9.17, 15) is 4.79 Å². The Morgan fingerprint density at radius 1 is 1.25 bits per heavy atom. The Morgan fingerprint density at radius 3 is 2.19 bits per heavy atom. The van der Waals surface area contributed by atoms with Gasteiger partial charge >= 0.3 is 0 Å². The standard InChI is InChI=1S/C13H28N2O/c1-6-11(5)9-15(7-2)13(16)12(14)8-10(3)4/h10-12H,6-9,14H2,1-5H3. The summed E-state index contributed by atoms with van der Waals surface area (Å²) in [5, 5.41) is 0. The van der Waals surface area contributed by atoms with Gasteiger partial charge in [0.2, 0.25) is 5.91 Å². The SMILES string of the molecule is CCC(C)CN(CC)C(=O)C(N)CC(C)C. The van der Waals surface area contributed by atoms with Gasteiger partial charge in [-0.05, 0) is 25.2 Å². The molecular formula is C13H28N2O. The second-order valence-corrected chi connectivity index (χ2v) is 5.13. The zero-order valence-corrected chi connectivity index (χ0v) is 11.5.